The third-order valence-electron chi connectivity index (χ3n) is 9.06. The topological polar surface area (TPSA) is 74.8 Å². The lowest BCUT2D eigenvalue weighted by Gasteiger charge is -2.60. The Morgan fingerprint density at radius 2 is 0.882 bits per heavy atom. The molecule has 2 saturated carbocycles. The third kappa shape index (κ3) is 2.17. The number of aryl methyl sites for hydroxylation is 2. The maximum absolute atomic E-state index is 13.6. The van der Waals surface area contributed by atoms with Crippen LogP contribution in [0, 0.1) is 61.2 Å². The lowest BCUT2D eigenvalue weighted by molar-refractivity contribution is -0.166. The molecular formula is C28H24N2O4. The van der Waals surface area contributed by atoms with Gasteiger partial charge in [0.25, 0.3) is 0 Å². The summed E-state index contributed by atoms with van der Waals surface area (Å²) in [5.74, 6) is -2.92. The molecule has 8 rings (SSSR count). The molecule has 4 fully saturated rings. The zero-order valence-electron chi connectivity index (χ0n) is 18.9. The molecule has 8 atom stereocenters. The number of benzene rings is 2. The molecule has 2 aliphatic heterocycles. The molecular weight excluding hydrogens is 428 g/mol. The van der Waals surface area contributed by atoms with E-state index in [9.17, 15) is 19.2 Å². The summed E-state index contributed by atoms with van der Waals surface area (Å²) < 4.78 is 0. The van der Waals surface area contributed by atoms with Crippen LogP contribution in [0.3, 0.4) is 0 Å². The van der Waals surface area contributed by atoms with Crippen LogP contribution in [-0.2, 0) is 19.2 Å². The van der Waals surface area contributed by atoms with Crippen LogP contribution in [0.2, 0.25) is 0 Å². The van der Waals surface area contributed by atoms with E-state index in [0.29, 0.717) is 11.4 Å². The number of rotatable bonds is 2. The van der Waals surface area contributed by atoms with Crippen LogP contribution in [0.15, 0.2) is 60.7 Å². The number of allylic oxidation sites excluding steroid dienone is 2. The van der Waals surface area contributed by atoms with E-state index in [2.05, 4.69) is 0 Å². The number of fused-ring (bicyclic) bond motifs is 1. The molecule has 8 unspecified atom stereocenters. The minimum absolute atomic E-state index is 0.0692. The third-order valence-corrected chi connectivity index (χ3v) is 9.06. The molecule has 6 aliphatic rings. The number of carbonyl (C=O) groups is 4. The first kappa shape index (κ1) is 19.9. The van der Waals surface area contributed by atoms with Crippen LogP contribution >= 0.6 is 0 Å². The summed E-state index contributed by atoms with van der Waals surface area (Å²) in [7, 11) is 0. The Balaban J connectivity index is 1.27. The van der Waals surface area contributed by atoms with Gasteiger partial charge in [-0.3, -0.25) is 19.2 Å². The van der Waals surface area contributed by atoms with Gasteiger partial charge in [0.2, 0.25) is 23.6 Å². The van der Waals surface area contributed by atoms with E-state index in [1.54, 1.807) is 0 Å². The fourth-order valence-corrected chi connectivity index (χ4v) is 7.70. The van der Waals surface area contributed by atoms with Gasteiger partial charge in [-0.15, -0.1) is 0 Å². The van der Waals surface area contributed by atoms with E-state index in [-0.39, 0.29) is 47.3 Å². The van der Waals surface area contributed by atoms with E-state index in [0.717, 1.165) is 11.1 Å². The molecule has 2 aromatic carbocycles. The van der Waals surface area contributed by atoms with Crippen LogP contribution < -0.4 is 9.80 Å². The number of imide groups is 2. The van der Waals surface area contributed by atoms with E-state index in [4.69, 9.17) is 0 Å². The van der Waals surface area contributed by atoms with Crippen LogP contribution in [0.5, 0.6) is 0 Å². The first-order valence-corrected chi connectivity index (χ1v) is 12.0. The molecule has 2 saturated heterocycles. The van der Waals surface area contributed by atoms with Crippen molar-refractivity contribution in [2.75, 3.05) is 9.80 Å². The normalized spacial score (nSPS) is 37.1. The number of amides is 4. The second kappa shape index (κ2) is 6.53. The summed E-state index contributed by atoms with van der Waals surface area (Å²) in [5.41, 5.74) is 3.03. The van der Waals surface area contributed by atoms with Crippen molar-refractivity contribution in [2.24, 2.45) is 47.3 Å². The van der Waals surface area contributed by atoms with Crippen LogP contribution in [0.25, 0.3) is 0 Å². The number of hydrogen-bond acceptors (Lipinski definition) is 4. The van der Waals surface area contributed by atoms with Crippen LogP contribution in [0.4, 0.5) is 11.4 Å². The summed E-state index contributed by atoms with van der Waals surface area (Å²) in [6.45, 7) is 3.80. The first-order chi connectivity index (χ1) is 16.4. The highest BCUT2D eigenvalue weighted by Crippen LogP contribution is 2.68. The highest BCUT2D eigenvalue weighted by atomic mass is 16.2. The largest absolute Gasteiger partial charge is 0.274 e. The Bertz CT molecular complexity index is 1290. The van der Waals surface area contributed by atoms with Crippen molar-refractivity contribution in [2.45, 2.75) is 13.8 Å². The Kier molecular flexibility index (Phi) is 3.82. The lowest BCUT2D eigenvalue weighted by atomic mass is 9.40. The van der Waals surface area contributed by atoms with Gasteiger partial charge in [-0.1, -0.05) is 48.6 Å². The van der Waals surface area contributed by atoms with Crippen LogP contribution in [0.1, 0.15) is 11.1 Å². The highest BCUT2D eigenvalue weighted by Gasteiger charge is 2.75. The smallest absolute Gasteiger partial charge is 0.238 e. The molecule has 2 aromatic rings. The van der Waals surface area contributed by atoms with Gasteiger partial charge in [0, 0.05) is 0 Å². The molecule has 0 N–H and O–H groups in total. The van der Waals surface area contributed by atoms with Gasteiger partial charge in [-0.25, -0.2) is 9.80 Å². The van der Waals surface area contributed by atoms with E-state index >= 15 is 0 Å². The van der Waals surface area contributed by atoms with Gasteiger partial charge < -0.3 is 0 Å². The lowest BCUT2D eigenvalue weighted by Crippen LogP contribution is -2.63. The van der Waals surface area contributed by atoms with Crippen molar-refractivity contribution >= 4 is 35.0 Å². The van der Waals surface area contributed by atoms with Gasteiger partial charge >= 0.3 is 0 Å². The Labute approximate surface area is 197 Å². The maximum Gasteiger partial charge on any atom is 0.238 e. The number of anilines is 2. The molecule has 0 radical (unpaired) electrons. The predicted octanol–water partition coefficient (Wildman–Crippen LogP) is 3.28. The number of nitrogens with zero attached hydrogens (tertiary/aromatic N) is 2. The summed E-state index contributed by atoms with van der Waals surface area (Å²) in [6, 6.07) is 14.9. The van der Waals surface area contributed by atoms with E-state index in [1.165, 1.54) is 9.80 Å². The zero-order chi connectivity index (χ0) is 23.5. The van der Waals surface area contributed by atoms with Gasteiger partial charge in [-0.2, -0.15) is 0 Å². The van der Waals surface area contributed by atoms with Crippen molar-refractivity contribution < 1.29 is 19.2 Å². The standard InChI is InChI=1S/C28H24N2O4/c1-13-7-3-5-9-17(13)29-25(31)21-15-11-12-16(22(21)26(29)32)20-19(15)23-24(20)28(34)30(27(23)33)18-10-6-4-8-14(18)2/h3-12,15-16,19-24H,1-2H3. The number of carbonyl (C=O) groups excluding carboxylic acids is 4. The maximum atomic E-state index is 13.6. The van der Waals surface area contributed by atoms with Crippen LogP contribution in [-0.4, -0.2) is 23.6 Å². The van der Waals surface area contributed by atoms with Gasteiger partial charge in [0.05, 0.1) is 35.0 Å². The van der Waals surface area contributed by atoms with Crippen molar-refractivity contribution in [3.63, 3.8) is 0 Å². The predicted molar refractivity (Wildman–Crippen MR) is 124 cm³/mol. The Morgan fingerprint density at radius 3 is 1.26 bits per heavy atom. The minimum atomic E-state index is -0.459. The fraction of sp³-hybridized carbons (Fsp3) is 0.357. The summed E-state index contributed by atoms with van der Waals surface area (Å²) in [4.78, 5) is 57.1. The SMILES string of the molecule is Cc1ccccc1N1C(=O)C2C3C=CC(C2C1=O)C1C2C(=O)N(c4ccccc4C)C(=O)C2C31. The van der Waals surface area contributed by atoms with Crippen molar-refractivity contribution in [3.8, 4) is 0 Å². The molecule has 6 nitrogen and oxygen atoms in total. The molecule has 2 bridgehead atoms. The van der Waals surface area contributed by atoms with E-state index in [1.807, 2.05) is 74.5 Å². The fourth-order valence-electron chi connectivity index (χ4n) is 7.70. The highest BCUT2D eigenvalue weighted by molar-refractivity contribution is 6.25. The molecule has 0 spiro atoms. The van der Waals surface area contributed by atoms with Crippen molar-refractivity contribution in [1.82, 2.24) is 0 Å². The molecule has 34 heavy (non-hydrogen) atoms. The van der Waals surface area contributed by atoms with Gasteiger partial charge in [0.15, 0.2) is 0 Å². The van der Waals surface area contributed by atoms with Crippen molar-refractivity contribution in [3.05, 3.63) is 71.8 Å². The molecule has 2 heterocycles. The number of hydrogen-bond donors (Lipinski definition) is 0. The average molecular weight is 453 g/mol. The van der Waals surface area contributed by atoms with Gasteiger partial charge in [0.1, 0.15) is 0 Å². The van der Waals surface area contributed by atoms with Crippen molar-refractivity contribution in [1.29, 1.82) is 0 Å². The quantitative estimate of drug-likeness (QED) is 0.518. The summed E-state index contributed by atoms with van der Waals surface area (Å²) >= 11 is 0. The second-order valence-corrected chi connectivity index (χ2v) is 10.4. The minimum Gasteiger partial charge on any atom is -0.274 e. The van der Waals surface area contributed by atoms with E-state index < -0.39 is 23.7 Å². The monoisotopic (exact) mass is 452 g/mol. The molecule has 170 valence electrons. The molecule has 4 amide bonds. The molecule has 6 heteroatoms. The van der Waals surface area contributed by atoms with Gasteiger partial charge in [-0.05, 0) is 60.8 Å². The average Bonchev–Trinajstić information content (AvgIpc) is 3.19. The molecule has 4 aliphatic carbocycles. The summed E-state index contributed by atoms with van der Waals surface area (Å²) in [5, 5.41) is 0. The Hall–Kier alpha value is -3.54. The summed E-state index contributed by atoms with van der Waals surface area (Å²) in [6.07, 6.45) is 4.09. The first-order valence-electron chi connectivity index (χ1n) is 12.0. The number of para-hydroxylation sites is 2. The molecule has 0 aromatic heterocycles. The second-order valence-electron chi connectivity index (χ2n) is 10.4. The zero-order valence-corrected chi connectivity index (χ0v) is 18.9. The Morgan fingerprint density at radius 1 is 0.529 bits per heavy atom.